The molecule has 9 nitrogen and oxygen atoms in total. The summed E-state index contributed by atoms with van der Waals surface area (Å²) >= 11 is 0. The number of hydrogen-bond acceptors (Lipinski definition) is 6. The van der Waals surface area contributed by atoms with Crippen molar-refractivity contribution in [2.75, 3.05) is 0 Å². The molecule has 6 rings (SSSR count). The van der Waals surface area contributed by atoms with Crippen LogP contribution in [0.4, 0.5) is 0 Å². The van der Waals surface area contributed by atoms with E-state index in [1.807, 2.05) is 0 Å². The molecule has 2 heterocycles. The maximum Gasteiger partial charge on any atom is 0.336 e. The molecule has 0 saturated carbocycles. The van der Waals surface area contributed by atoms with Gasteiger partial charge >= 0.3 is 5.97 Å². The highest BCUT2D eigenvalue weighted by molar-refractivity contribution is 6.07. The van der Waals surface area contributed by atoms with Crippen LogP contribution in [0.2, 0.25) is 0 Å². The molecular formula is C30H16N2O7. The highest BCUT2D eigenvalue weighted by Gasteiger charge is 2.22. The lowest BCUT2D eigenvalue weighted by Gasteiger charge is -2.17. The van der Waals surface area contributed by atoms with Gasteiger partial charge in [0.25, 0.3) is 11.1 Å². The van der Waals surface area contributed by atoms with Gasteiger partial charge in [0, 0.05) is 39.8 Å². The van der Waals surface area contributed by atoms with Crippen molar-refractivity contribution in [1.82, 2.24) is 10.2 Å². The predicted molar refractivity (Wildman–Crippen MR) is 144 cm³/mol. The summed E-state index contributed by atoms with van der Waals surface area (Å²) in [5.41, 5.74) is 1.40. The molecule has 0 bridgehead atoms. The van der Waals surface area contributed by atoms with Crippen molar-refractivity contribution < 1.29 is 19.4 Å². The maximum atomic E-state index is 12.4. The van der Waals surface area contributed by atoms with Crippen molar-refractivity contribution in [3.05, 3.63) is 120 Å². The summed E-state index contributed by atoms with van der Waals surface area (Å²) in [4.78, 5) is 48.4. The lowest BCUT2D eigenvalue weighted by atomic mass is 9.90. The van der Waals surface area contributed by atoms with Crippen molar-refractivity contribution in [3.8, 4) is 40.0 Å². The monoisotopic (exact) mass is 516 g/mol. The Balaban J connectivity index is 1.52. The second-order valence-corrected chi connectivity index (χ2v) is 8.80. The summed E-state index contributed by atoms with van der Waals surface area (Å²) in [7, 11) is 0. The molecule has 0 fully saturated rings. The third kappa shape index (κ3) is 4.12. The van der Waals surface area contributed by atoms with E-state index < -0.39 is 17.1 Å². The van der Waals surface area contributed by atoms with Crippen molar-refractivity contribution in [2.45, 2.75) is 0 Å². The summed E-state index contributed by atoms with van der Waals surface area (Å²) in [6.07, 6.45) is 0. The van der Waals surface area contributed by atoms with Crippen LogP contribution in [0.25, 0.3) is 44.2 Å². The molecule has 1 aliphatic heterocycles. The summed E-state index contributed by atoms with van der Waals surface area (Å²) in [6, 6.07) is 18.1. The third-order valence-corrected chi connectivity index (χ3v) is 6.35. The first-order valence-corrected chi connectivity index (χ1v) is 11.6. The Labute approximate surface area is 217 Å². The first-order chi connectivity index (χ1) is 18.8. The standard InChI is InChI=1S/C30H16N2O7/c33-17-5-9-21-25(13-17)39-26-14-18(34)6-10-22(26)27(21)19-7-3-16(12-24(19)30(37)38)2-1-15-4-8-20-23(11-15)29(36)32-31-28(20)35/h3-14,33H,(H,31,35)(H,32,36)(H,37,38). The number of H-pyrrole nitrogens is 2. The topological polar surface area (TPSA) is 153 Å². The van der Waals surface area contributed by atoms with Gasteiger partial charge in [0.05, 0.1) is 16.3 Å². The summed E-state index contributed by atoms with van der Waals surface area (Å²) in [5.74, 6) is 4.85. The van der Waals surface area contributed by atoms with E-state index in [9.17, 15) is 29.4 Å². The Morgan fingerprint density at radius 1 is 0.718 bits per heavy atom. The summed E-state index contributed by atoms with van der Waals surface area (Å²) < 4.78 is 5.85. The van der Waals surface area contributed by atoms with Gasteiger partial charge < -0.3 is 14.6 Å². The Hall–Kier alpha value is -5.88. The van der Waals surface area contributed by atoms with E-state index in [0.717, 1.165) is 0 Å². The first kappa shape index (κ1) is 23.5. The van der Waals surface area contributed by atoms with Crippen LogP contribution in [-0.2, 0) is 0 Å². The average Bonchev–Trinajstić information content (AvgIpc) is 2.92. The Kier molecular flexibility index (Phi) is 5.37. The molecule has 0 radical (unpaired) electrons. The van der Waals surface area contributed by atoms with Gasteiger partial charge in [-0.25, -0.2) is 4.79 Å². The predicted octanol–water partition coefficient (Wildman–Crippen LogP) is 3.90. The van der Waals surface area contributed by atoms with Crippen molar-refractivity contribution in [3.63, 3.8) is 0 Å². The van der Waals surface area contributed by atoms with E-state index in [4.69, 9.17) is 4.42 Å². The minimum Gasteiger partial charge on any atom is -0.508 e. The zero-order chi connectivity index (χ0) is 27.3. The van der Waals surface area contributed by atoms with Crippen LogP contribution < -0.4 is 16.5 Å². The number of aromatic hydroxyl groups is 1. The molecule has 39 heavy (non-hydrogen) atoms. The number of aromatic nitrogens is 2. The fourth-order valence-electron chi connectivity index (χ4n) is 4.57. The van der Waals surface area contributed by atoms with Crippen LogP contribution in [0.3, 0.4) is 0 Å². The van der Waals surface area contributed by atoms with Crippen LogP contribution in [0, 0.1) is 11.8 Å². The third-order valence-electron chi connectivity index (χ3n) is 6.35. The fraction of sp³-hybridized carbons (Fsp3) is 0. The second kappa shape index (κ2) is 8.90. The van der Waals surface area contributed by atoms with E-state index in [-0.39, 0.29) is 38.9 Å². The van der Waals surface area contributed by atoms with Crippen molar-refractivity contribution in [2.24, 2.45) is 0 Å². The summed E-state index contributed by atoms with van der Waals surface area (Å²) in [5, 5.41) is 25.6. The van der Waals surface area contributed by atoms with Crippen LogP contribution in [0.1, 0.15) is 21.5 Å². The minimum atomic E-state index is -1.19. The van der Waals surface area contributed by atoms with Crippen molar-refractivity contribution in [1.29, 1.82) is 0 Å². The molecule has 2 aliphatic rings. The zero-order valence-electron chi connectivity index (χ0n) is 19.9. The Bertz CT molecular complexity index is 2190. The van der Waals surface area contributed by atoms with Crippen molar-refractivity contribution >= 4 is 27.7 Å². The molecule has 0 spiro atoms. The van der Waals surface area contributed by atoms with Gasteiger partial charge in [0.15, 0.2) is 5.43 Å². The van der Waals surface area contributed by atoms with Crippen LogP contribution in [-0.4, -0.2) is 26.4 Å². The highest BCUT2D eigenvalue weighted by atomic mass is 16.4. The molecule has 4 aromatic rings. The molecule has 0 unspecified atom stereocenters. The number of aromatic amines is 2. The zero-order valence-corrected chi connectivity index (χ0v) is 19.9. The van der Waals surface area contributed by atoms with E-state index in [0.29, 0.717) is 33.2 Å². The van der Waals surface area contributed by atoms with E-state index in [2.05, 4.69) is 22.0 Å². The van der Waals surface area contributed by atoms with Crippen LogP contribution in [0.15, 0.2) is 91.6 Å². The molecule has 0 atom stereocenters. The number of hydrogen-bond donors (Lipinski definition) is 4. The minimum absolute atomic E-state index is 0.0311. The molecule has 4 N–H and O–H groups in total. The maximum absolute atomic E-state index is 12.4. The molecule has 0 saturated heterocycles. The number of nitrogens with one attached hydrogen (secondary N) is 2. The SMILES string of the molecule is O=C(O)c1cc(C#Cc2ccc3c(=O)[nH][nH]c(=O)c3c2)ccc1-c1c2ccc(=O)cc-2oc2cc(O)ccc12. The summed E-state index contributed by atoms with van der Waals surface area (Å²) in [6.45, 7) is 0. The Morgan fingerprint density at radius 2 is 1.38 bits per heavy atom. The highest BCUT2D eigenvalue weighted by Crippen LogP contribution is 2.42. The number of carbonyl (C=O) groups is 1. The van der Waals surface area contributed by atoms with Gasteiger partial charge in [-0.2, -0.15) is 0 Å². The smallest absolute Gasteiger partial charge is 0.336 e. The largest absolute Gasteiger partial charge is 0.508 e. The molecule has 188 valence electrons. The molecule has 9 heteroatoms. The lowest BCUT2D eigenvalue weighted by molar-refractivity contribution is 0.0697. The molecular weight excluding hydrogens is 500 g/mol. The van der Waals surface area contributed by atoms with Gasteiger partial charge in [-0.05, 0) is 60.2 Å². The number of carboxylic acids is 1. The Morgan fingerprint density at radius 3 is 2.15 bits per heavy atom. The number of phenolic OH excluding ortho intramolecular Hbond substituents is 1. The van der Waals surface area contributed by atoms with E-state index in [1.54, 1.807) is 30.3 Å². The second-order valence-electron chi connectivity index (χ2n) is 8.80. The number of aromatic carboxylic acids is 1. The van der Waals surface area contributed by atoms with Gasteiger partial charge in [-0.3, -0.25) is 24.6 Å². The van der Waals surface area contributed by atoms with Gasteiger partial charge in [-0.15, -0.1) is 0 Å². The quantitative estimate of drug-likeness (QED) is 0.201. The van der Waals surface area contributed by atoms with Crippen LogP contribution in [0.5, 0.6) is 5.75 Å². The molecule has 0 amide bonds. The van der Waals surface area contributed by atoms with Gasteiger partial charge in [0.2, 0.25) is 0 Å². The number of benzene rings is 4. The number of phenols is 1. The van der Waals surface area contributed by atoms with Gasteiger partial charge in [-0.1, -0.05) is 17.9 Å². The van der Waals surface area contributed by atoms with Gasteiger partial charge in [0.1, 0.15) is 17.1 Å². The van der Waals surface area contributed by atoms with E-state index in [1.165, 1.54) is 42.5 Å². The molecule has 3 aromatic carbocycles. The normalized spacial score (nSPS) is 11.0. The van der Waals surface area contributed by atoms with Crippen LogP contribution >= 0.6 is 0 Å². The lowest BCUT2D eigenvalue weighted by Crippen LogP contribution is -2.18. The molecule has 1 aliphatic carbocycles. The molecule has 1 aromatic heterocycles. The average molecular weight is 516 g/mol. The first-order valence-electron chi connectivity index (χ1n) is 11.6. The van der Waals surface area contributed by atoms with E-state index >= 15 is 0 Å². The number of fused-ring (bicyclic) bond motifs is 3. The fourth-order valence-corrected chi connectivity index (χ4v) is 4.57. The number of rotatable bonds is 2. The number of carboxylic acid groups (broad SMARTS) is 1.